The van der Waals surface area contributed by atoms with Crippen molar-refractivity contribution < 1.29 is 4.74 Å². The lowest BCUT2D eigenvalue weighted by molar-refractivity contribution is 0.109. The van der Waals surface area contributed by atoms with E-state index >= 15 is 0 Å². The number of hydrogen-bond acceptors (Lipinski definition) is 4. The van der Waals surface area contributed by atoms with Gasteiger partial charge in [0.2, 0.25) is 0 Å². The van der Waals surface area contributed by atoms with Gasteiger partial charge in [0, 0.05) is 33.2 Å². The van der Waals surface area contributed by atoms with Crippen LogP contribution in [0.15, 0.2) is 18.2 Å². The van der Waals surface area contributed by atoms with E-state index in [1.54, 1.807) is 18.2 Å². The first-order valence-corrected chi connectivity index (χ1v) is 7.12. The first-order valence-electron chi connectivity index (χ1n) is 6.36. The summed E-state index contributed by atoms with van der Waals surface area (Å²) in [6.07, 6.45) is 0.670. The molecule has 0 saturated heterocycles. The number of nitrogens with two attached hydrogens (primary N) is 1. The largest absolute Gasteiger partial charge is 0.383 e. The third-order valence-electron chi connectivity index (χ3n) is 3.45. The van der Waals surface area contributed by atoms with E-state index < -0.39 is 0 Å². The molecule has 1 aliphatic rings. The van der Waals surface area contributed by atoms with E-state index in [1.807, 2.05) is 0 Å². The van der Waals surface area contributed by atoms with Crippen molar-refractivity contribution >= 4 is 29.0 Å². The average Bonchev–Trinajstić information content (AvgIpc) is 2.46. The minimum absolute atomic E-state index is 0.221. The summed E-state index contributed by atoms with van der Waals surface area (Å²) in [6, 6.07) is 7.28. The molecule has 0 unspecified atom stereocenters. The van der Waals surface area contributed by atoms with Crippen LogP contribution in [0.3, 0.4) is 0 Å². The van der Waals surface area contributed by atoms with Gasteiger partial charge in [-0.2, -0.15) is 5.26 Å². The minimum Gasteiger partial charge on any atom is -0.383 e. The lowest BCUT2D eigenvalue weighted by atomic mass is 9.92. The summed E-state index contributed by atoms with van der Waals surface area (Å²) in [5.74, 6) is 0.221. The molecule has 4 nitrogen and oxygen atoms in total. The first kappa shape index (κ1) is 14.2. The van der Waals surface area contributed by atoms with Crippen LogP contribution in [0.4, 0.5) is 5.82 Å². The van der Waals surface area contributed by atoms with E-state index in [0.29, 0.717) is 46.4 Å². The fourth-order valence-corrected chi connectivity index (χ4v) is 3.00. The molecule has 0 bridgehead atoms. The van der Waals surface area contributed by atoms with Crippen LogP contribution in [0.5, 0.6) is 0 Å². The van der Waals surface area contributed by atoms with Crippen LogP contribution in [-0.2, 0) is 17.8 Å². The number of benzene rings is 1. The molecule has 6 heteroatoms. The Morgan fingerprint density at radius 2 is 2.14 bits per heavy atom. The van der Waals surface area contributed by atoms with Crippen molar-refractivity contribution in [3.63, 3.8) is 0 Å². The molecule has 1 aromatic heterocycles. The number of ether oxygens (including phenoxy) is 1. The highest BCUT2D eigenvalue weighted by Gasteiger charge is 2.23. The van der Waals surface area contributed by atoms with Gasteiger partial charge in [0.05, 0.1) is 18.9 Å². The smallest absolute Gasteiger partial charge is 0.142 e. The third-order valence-corrected chi connectivity index (χ3v) is 4.00. The Morgan fingerprint density at radius 1 is 1.33 bits per heavy atom. The molecule has 3 rings (SSSR count). The van der Waals surface area contributed by atoms with Crippen molar-refractivity contribution in [1.29, 1.82) is 5.26 Å². The number of fused-ring (bicyclic) bond motifs is 1. The SMILES string of the molecule is N#Cc1c(N)nc2c(c1-c1ccc(Cl)cc1Cl)COCC2. The first-order chi connectivity index (χ1) is 10.1. The molecule has 1 aliphatic heterocycles. The second-order valence-corrected chi connectivity index (χ2v) is 5.55. The molecule has 106 valence electrons. The van der Waals surface area contributed by atoms with Crippen LogP contribution < -0.4 is 5.73 Å². The lowest BCUT2D eigenvalue weighted by Crippen LogP contribution is -2.16. The summed E-state index contributed by atoms with van der Waals surface area (Å²) in [7, 11) is 0. The Morgan fingerprint density at radius 3 is 2.86 bits per heavy atom. The zero-order chi connectivity index (χ0) is 15.0. The summed E-state index contributed by atoms with van der Waals surface area (Å²) in [6.45, 7) is 0.991. The number of halogens is 2. The van der Waals surface area contributed by atoms with Gasteiger partial charge in [0.1, 0.15) is 17.5 Å². The van der Waals surface area contributed by atoms with Gasteiger partial charge in [0.15, 0.2) is 0 Å². The van der Waals surface area contributed by atoms with Crippen molar-refractivity contribution in [2.75, 3.05) is 12.3 Å². The van der Waals surface area contributed by atoms with Gasteiger partial charge in [0.25, 0.3) is 0 Å². The molecule has 0 amide bonds. The van der Waals surface area contributed by atoms with Gasteiger partial charge in [-0.15, -0.1) is 0 Å². The van der Waals surface area contributed by atoms with Crippen molar-refractivity contribution in [1.82, 2.24) is 4.98 Å². The summed E-state index contributed by atoms with van der Waals surface area (Å²) >= 11 is 12.2. The molecule has 0 spiro atoms. The predicted octanol–water partition coefficient (Wildman–Crippen LogP) is 3.58. The highest BCUT2D eigenvalue weighted by Crippen LogP contribution is 2.38. The van der Waals surface area contributed by atoms with Gasteiger partial charge in [-0.1, -0.05) is 29.3 Å². The summed E-state index contributed by atoms with van der Waals surface area (Å²) in [5.41, 5.74) is 9.40. The molecular weight excluding hydrogens is 309 g/mol. The van der Waals surface area contributed by atoms with E-state index in [9.17, 15) is 5.26 Å². The summed E-state index contributed by atoms with van der Waals surface area (Å²) in [4.78, 5) is 4.32. The maximum atomic E-state index is 9.43. The highest BCUT2D eigenvalue weighted by atomic mass is 35.5. The summed E-state index contributed by atoms with van der Waals surface area (Å²) < 4.78 is 5.50. The number of nitrogens with zero attached hydrogens (tertiary/aromatic N) is 2. The molecule has 21 heavy (non-hydrogen) atoms. The minimum atomic E-state index is 0.221. The molecular formula is C15H11Cl2N3O. The Hall–Kier alpha value is -1.80. The second-order valence-electron chi connectivity index (χ2n) is 4.71. The van der Waals surface area contributed by atoms with Crippen molar-refractivity contribution in [2.45, 2.75) is 13.0 Å². The highest BCUT2D eigenvalue weighted by molar-refractivity contribution is 6.36. The quantitative estimate of drug-likeness (QED) is 0.871. The van der Waals surface area contributed by atoms with Crippen LogP contribution in [0.2, 0.25) is 10.0 Å². The molecule has 0 atom stereocenters. The fraction of sp³-hybridized carbons (Fsp3) is 0.200. The molecule has 2 heterocycles. The fourth-order valence-electron chi connectivity index (χ4n) is 2.50. The maximum Gasteiger partial charge on any atom is 0.142 e. The number of aromatic nitrogens is 1. The van der Waals surface area contributed by atoms with Gasteiger partial charge >= 0.3 is 0 Å². The second kappa shape index (κ2) is 5.53. The molecule has 0 fully saturated rings. The number of rotatable bonds is 1. The van der Waals surface area contributed by atoms with Crippen LogP contribution in [0, 0.1) is 11.3 Å². The van der Waals surface area contributed by atoms with Crippen molar-refractivity contribution in [3.05, 3.63) is 45.1 Å². The molecule has 1 aromatic carbocycles. The Balaban J connectivity index is 2.34. The standard InChI is InChI=1S/C15H11Cl2N3O/c16-8-1-2-9(12(17)5-8)14-10(6-18)15(19)20-13-3-4-21-7-11(13)14/h1-2,5H,3-4,7H2,(H2,19,20). The van der Waals surface area contributed by atoms with Gasteiger partial charge in [-0.05, 0) is 12.1 Å². The Bertz CT molecular complexity index is 768. The van der Waals surface area contributed by atoms with Crippen LogP contribution >= 0.6 is 23.2 Å². The van der Waals surface area contributed by atoms with Gasteiger partial charge in [-0.3, -0.25) is 0 Å². The number of nitrogen functional groups attached to an aromatic ring is 1. The normalized spacial score (nSPS) is 13.6. The number of anilines is 1. The lowest BCUT2D eigenvalue weighted by Gasteiger charge is -2.21. The van der Waals surface area contributed by atoms with Crippen molar-refractivity contribution in [2.24, 2.45) is 0 Å². The third kappa shape index (κ3) is 2.44. The Kier molecular flexibility index (Phi) is 3.73. The van der Waals surface area contributed by atoms with Gasteiger partial charge in [-0.25, -0.2) is 4.98 Å². The van der Waals surface area contributed by atoms with E-state index in [2.05, 4.69) is 11.1 Å². The zero-order valence-electron chi connectivity index (χ0n) is 11.0. The number of pyridine rings is 1. The molecule has 2 aromatic rings. The van der Waals surface area contributed by atoms with E-state index in [4.69, 9.17) is 33.7 Å². The van der Waals surface area contributed by atoms with Gasteiger partial charge < -0.3 is 10.5 Å². The average molecular weight is 320 g/mol. The molecule has 0 saturated carbocycles. The molecule has 0 aliphatic carbocycles. The van der Waals surface area contributed by atoms with Crippen molar-refractivity contribution in [3.8, 4) is 17.2 Å². The Labute approximate surface area is 132 Å². The number of nitriles is 1. The van der Waals surface area contributed by atoms with Crippen LogP contribution in [0.25, 0.3) is 11.1 Å². The predicted molar refractivity (Wildman–Crippen MR) is 82.2 cm³/mol. The summed E-state index contributed by atoms with van der Waals surface area (Å²) in [5, 5.41) is 10.4. The monoisotopic (exact) mass is 319 g/mol. The van der Waals surface area contributed by atoms with E-state index in [1.165, 1.54) is 0 Å². The van der Waals surface area contributed by atoms with Crippen LogP contribution in [-0.4, -0.2) is 11.6 Å². The number of hydrogen-bond donors (Lipinski definition) is 1. The van der Waals surface area contributed by atoms with E-state index in [-0.39, 0.29) is 5.82 Å². The van der Waals surface area contributed by atoms with Crippen LogP contribution in [0.1, 0.15) is 16.8 Å². The zero-order valence-corrected chi connectivity index (χ0v) is 12.5. The van der Waals surface area contributed by atoms with E-state index in [0.717, 1.165) is 11.3 Å². The topological polar surface area (TPSA) is 71.9 Å². The molecule has 2 N–H and O–H groups in total. The maximum absolute atomic E-state index is 9.43. The molecule has 0 radical (unpaired) electrons.